The Labute approximate surface area is 103 Å². The Morgan fingerprint density at radius 1 is 1.41 bits per heavy atom. The predicted molar refractivity (Wildman–Crippen MR) is 64.1 cm³/mol. The van der Waals surface area contributed by atoms with Crippen LogP contribution in [0.15, 0.2) is 24.5 Å². The summed E-state index contributed by atoms with van der Waals surface area (Å²) in [4.78, 5) is 3.97. The minimum atomic E-state index is 0.561. The third kappa shape index (κ3) is 2.98. The highest BCUT2D eigenvalue weighted by atomic mass is 32.1. The fourth-order valence-electron chi connectivity index (χ4n) is 1.38. The smallest absolute Gasteiger partial charge is 0.299 e. The van der Waals surface area contributed by atoms with Crippen LogP contribution in [0.2, 0.25) is 0 Å². The first-order valence-electron chi connectivity index (χ1n) is 5.54. The van der Waals surface area contributed by atoms with E-state index in [0.717, 1.165) is 11.6 Å². The summed E-state index contributed by atoms with van der Waals surface area (Å²) >= 11 is 1.46. The summed E-state index contributed by atoms with van der Waals surface area (Å²) < 4.78 is 5.54. The van der Waals surface area contributed by atoms with E-state index in [4.69, 9.17) is 4.74 Å². The molecule has 0 saturated heterocycles. The van der Waals surface area contributed by atoms with Crippen molar-refractivity contribution in [3.05, 3.63) is 29.5 Å². The van der Waals surface area contributed by atoms with E-state index in [0.29, 0.717) is 17.0 Å². The Bertz CT molecular complexity index is 483. The summed E-state index contributed by atoms with van der Waals surface area (Å²) in [5.74, 6) is 0.686. The molecule has 2 aromatic rings. The van der Waals surface area contributed by atoms with Crippen molar-refractivity contribution in [3.8, 4) is 10.9 Å². The molecule has 1 N–H and O–H groups in total. The largest absolute Gasteiger partial charge is 0.428 e. The van der Waals surface area contributed by atoms with E-state index >= 15 is 0 Å². The van der Waals surface area contributed by atoms with Gasteiger partial charge in [0, 0.05) is 12.2 Å². The number of hydrogen-bond acceptors (Lipinski definition) is 6. The van der Waals surface area contributed by atoms with Gasteiger partial charge in [-0.3, -0.25) is 4.98 Å². The van der Waals surface area contributed by atoms with Gasteiger partial charge in [0.25, 0.3) is 5.19 Å². The van der Waals surface area contributed by atoms with Crippen LogP contribution < -0.4 is 10.1 Å². The van der Waals surface area contributed by atoms with Gasteiger partial charge in [0.1, 0.15) is 10.8 Å². The van der Waals surface area contributed by atoms with Crippen LogP contribution in [0, 0.1) is 0 Å². The van der Waals surface area contributed by atoms with Crippen LogP contribution in [0.3, 0.4) is 0 Å². The molecule has 1 fully saturated rings. The van der Waals surface area contributed by atoms with Crippen molar-refractivity contribution in [1.29, 1.82) is 0 Å². The molecule has 0 aliphatic heterocycles. The lowest BCUT2D eigenvalue weighted by atomic mass is 10.5. The molecule has 0 radical (unpaired) electrons. The summed E-state index contributed by atoms with van der Waals surface area (Å²) in [5, 5.41) is 13.0. The second kappa shape index (κ2) is 4.77. The van der Waals surface area contributed by atoms with Gasteiger partial charge in [-0.2, -0.15) is 0 Å². The molecule has 17 heavy (non-hydrogen) atoms. The summed E-state index contributed by atoms with van der Waals surface area (Å²) in [7, 11) is 0. The van der Waals surface area contributed by atoms with Crippen molar-refractivity contribution in [2.24, 2.45) is 0 Å². The lowest BCUT2D eigenvalue weighted by molar-refractivity contribution is 0.470. The highest BCUT2D eigenvalue weighted by Gasteiger charge is 2.20. The zero-order valence-electron chi connectivity index (χ0n) is 9.17. The van der Waals surface area contributed by atoms with E-state index in [1.807, 2.05) is 12.1 Å². The minimum absolute atomic E-state index is 0.561. The Morgan fingerprint density at radius 3 is 3.12 bits per heavy atom. The van der Waals surface area contributed by atoms with E-state index < -0.39 is 0 Å². The van der Waals surface area contributed by atoms with Crippen molar-refractivity contribution in [2.45, 2.75) is 25.4 Å². The number of hydrogen-bond donors (Lipinski definition) is 1. The molecular formula is C11H12N4OS. The monoisotopic (exact) mass is 248 g/mol. The van der Waals surface area contributed by atoms with Crippen molar-refractivity contribution in [1.82, 2.24) is 20.5 Å². The number of ether oxygens (including phenoxy) is 1. The van der Waals surface area contributed by atoms with E-state index in [1.165, 1.54) is 24.2 Å². The van der Waals surface area contributed by atoms with Crippen LogP contribution in [0.4, 0.5) is 0 Å². The Hall–Kier alpha value is -1.53. The van der Waals surface area contributed by atoms with Gasteiger partial charge in [-0.15, -0.1) is 5.10 Å². The zero-order valence-corrected chi connectivity index (χ0v) is 9.98. The van der Waals surface area contributed by atoms with Crippen LogP contribution >= 0.6 is 11.3 Å². The number of aromatic nitrogens is 3. The summed E-state index contributed by atoms with van der Waals surface area (Å²) in [6.07, 6.45) is 5.91. The molecule has 0 atom stereocenters. The molecule has 2 heterocycles. The van der Waals surface area contributed by atoms with E-state index in [-0.39, 0.29) is 0 Å². The third-order valence-electron chi connectivity index (χ3n) is 2.41. The van der Waals surface area contributed by atoms with Crippen LogP contribution in [0.25, 0.3) is 0 Å². The molecule has 1 aliphatic carbocycles. The second-order valence-corrected chi connectivity index (χ2v) is 4.93. The van der Waals surface area contributed by atoms with Gasteiger partial charge in [0.05, 0.1) is 12.7 Å². The van der Waals surface area contributed by atoms with Crippen molar-refractivity contribution >= 4 is 11.3 Å². The Kier molecular flexibility index (Phi) is 2.98. The van der Waals surface area contributed by atoms with Gasteiger partial charge in [-0.25, -0.2) is 0 Å². The first-order valence-corrected chi connectivity index (χ1v) is 6.35. The van der Waals surface area contributed by atoms with Crippen LogP contribution in [-0.2, 0) is 6.54 Å². The molecule has 1 aliphatic rings. The maximum absolute atomic E-state index is 5.54. The van der Waals surface area contributed by atoms with E-state index in [1.54, 1.807) is 12.4 Å². The highest BCUT2D eigenvalue weighted by molar-refractivity contribution is 7.13. The van der Waals surface area contributed by atoms with E-state index in [9.17, 15) is 0 Å². The molecule has 5 nitrogen and oxygen atoms in total. The molecule has 0 unspecified atom stereocenters. The number of rotatable bonds is 5. The van der Waals surface area contributed by atoms with Crippen LogP contribution in [0.5, 0.6) is 10.9 Å². The van der Waals surface area contributed by atoms with Gasteiger partial charge in [-0.05, 0) is 25.0 Å². The lowest BCUT2D eigenvalue weighted by Gasteiger charge is -1.98. The standard InChI is InChI=1S/C11H12N4OS/c1-2-9(6-12-5-1)16-11-15-14-10(17-11)7-13-8-3-4-8/h1-2,5-6,8,13H,3-4,7H2. The van der Waals surface area contributed by atoms with Crippen molar-refractivity contribution in [3.63, 3.8) is 0 Å². The number of nitrogens with zero attached hydrogens (tertiary/aromatic N) is 3. The van der Waals surface area contributed by atoms with Gasteiger partial charge in [0.15, 0.2) is 0 Å². The zero-order chi connectivity index (χ0) is 11.5. The third-order valence-corrected chi connectivity index (χ3v) is 3.21. The minimum Gasteiger partial charge on any atom is -0.428 e. The van der Waals surface area contributed by atoms with Crippen molar-refractivity contribution in [2.75, 3.05) is 0 Å². The Morgan fingerprint density at radius 2 is 2.35 bits per heavy atom. The van der Waals surface area contributed by atoms with E-state index in [2.05, 4.69) is 20.5 Å². The molecule has 0 bridgehead atoms. The van der Waals surface area contributed by atoms with Gasteiger partial charge in [-0.1, -0.05) is 16.4 Å². The first-order chi connectivity index (χ1) is 8.40. The first kappa shape index (κ1) is 10.6. The summed E-state index contributed by atoms with van der Waals surface area (Å²) in [5.41, 5.74) is 0. The predicted octanol–water partition coefficient (Wildman–Crippen LogP) is 1.98. The normalized spacial score (nSPS) is 14.8. The molecule has 0 aromatic carbocycles. The fourth-order valence-corrected chi connectivity index (χ4v) is 2.04. The summed E-state index contributed by atoms with van der Waals surface area (Å²) in [6.45, 7) is 0.777. The van der Waals surface area contributed by atoms with Crippen molar-refractivity contribution < 1.29 is 4.74 Å². The average molecular weight is 248 g/mol. The van der Waals surface area contributed by atoms with Gasteiger partial charge < -0.3 is 10.1 Å². The quantitative estimate of drug-likeness (QED) is 0.876. The Balaban J connectivity index is 1.59. The molecular weight excluding hydrogens is 236 g/mol. The maximum Gasteiger partial charge on any atom is 0.299 e. The maximum atomic E-state index is 5.54. The average Bonchev–Trinajstić information content (AvgIpc) is 3.09. The second-order valence-electron chi connectivity index (χ2n) is 3.91. The van der Waals surface area contributed by atoms with Crippen LogP contribution in [-0.4, -0.2) is 21.2 Å². The topological polar surface area (TPSA) is 59.9 Å². The molecule has 0 spiro atoms. The van der Waals surface area contributed by atoms with Crippen LogP contribution in [0.1, 0.15) is 17.8 Å². The lowest BCUT2D eigenvalue weighted by Crippen LogP contribution is -2.14. The van der Waals surface area contributed by atoms with Gasteiger partial charge >= 0.3 is 0 Å². The molecule has 3 rings (SSSR count). The molecule has 0 amide bonds. The number of nitrogens with one attached hydrogen (secondary N) is 1. The molecule has 6 heteroatoms. The summed E-state index contributed by atoms with van der Waals surface area (Å²) in [6, 6.07) is 4.35. The highest BCUT2D eigenvalue weighted by Crippen LogP contribution is 2.25. The molecule has 88 valence electrons. The fraction of sp³-hybridized carbons (Fsp3) is 0.364. The van der Waals surface area contributed by atoms with Gasteiger partial charge in [0.2, 0.25) is 0 Å². The molecule has 2 aromatic heterocycles. The molecule has 1 saturated carbocycles. The number of pyridine rings is 1. The SMILES string of the molecule is c1cncc(Oc2nnc(CNC3CC3)s2)c1.